The Morgan fingerprint density at radius 3 is 2.63 bits per heavy atom. The zero-order valence-corrected chi connectivity index (χ0v) is 28.4. The normalized spacial score (nSPS) is 23.7. The predicted octanol–water partition coefficient (Wildman–Crippen LogP) is 5.39. The van der Waals surface area contributed by atoms with Crippen molar-refractivity contribution in [1.82, 2.24) is 19.8 Å². The van der Waals surface area contributed by atoms with Crippen molar-refractivity contribution in [3.63, 3.8) is 0 Å². The number of likely N-dealkylation sites (tertiary alicyclic amines) is 1. The van der Waals surface area contributed by atoms with Crippen LogP contribution in [0, 0.1) is 11.3 Å². The lowest BCUT2D eigenvalue weighted by Crippen LogP contribution is -2.56. The summed E-state index contributed by atoms with van der Waals surface area (Å²) in [6.45, 7) is 4.53. The Kier molecular flexibility index (Phi) is 8.74. The molecule has 0 saturated carbocycles. The van der Waals surface area contributed by atoms with E-state index in [1.807, 2.05) is 47.4 Å². The molecule has 8 rings (SSSR count). The summed E-state index contributed by atoms with van der Waals surface area (Å²) in [4.78, 5) is 32.5. The molecule has 10 nitrogen and oxygen atoms in total. The summed E-state index contributed by atoms with van der Waals surface area (Å²) in [6.07, 6.45) is 2.47. The lowest BCUT2D eigenvalue weighted by molar-refractivity contribution is -0.135. The van der Waals surface area contributed by atoms with Gasteiger partial charge in [0.25, 0.3) is 5.91 Å². The number of likely N-dealkylation sites (N-methyl/N-ethyl adjacent to an activating group) is 1. The van der Waals surface area contributed by atoms with Crippen LogP contribution in [-0.2, 0) is 22.5 Å². The average Bonchev–Trinajstić information content (AvgIpc) is 3.83. The number of carbonyl (C=O) groups is 1. The van der Waals surface area contributed by atoms with Gasteiger partial charge in [-0.05, 0) is 55.9 Å². The van der Waals surface area contributed by atoms with Gasteiger partial charge in [-0.1, -0.05) is 66.2 Å². The summed E-state index contributed by atoms with van der Waals surface area (Å²) in [6, 6.07) is 24.9. The number of halogens is 1. The standard InChI is InChI=1S/C38H40ClN7O3/c1-43-18-7-12-28(43)24-48-38-41-31-23-44(32-14-6-11-25-10-5-13-30(39)33(25)32)19-16-29(31)36(42-38)45-20-21-46(27(22-45)15-17-40)37(47)35-34(49-35)26-8-3-2-4-9-26/h2-6,8-11,13-14,27-28,34-35H,7,12,15-16,18-24H2,1H3/t27-,28-,34+,35+/m0/s1. The molecule has 4 atom stereocenters. The summed E-state index contributed by atoms with van der Waals surface area (Å²) in [7, 11) is 2.14. The molecule has 0 unspecified atom stereocenters. The largest absolute Gasteiger partial charge is 0.462 e. The number of aromatic nitrogens is 2. The van der Waals surface area contributed by atoms with Gasteiger partial charge in [0.15, 0.2) is 6.10 Å². The summed E-state index contributed by atoms with van der Waals surface area (Å²) in [5.74, 6) is 0.794. The monoisotopic (exact) mass is 677 g/mol. The first-order chi connectivity index (χ1) is 24.0. The number of epoxide rings is 1. The minimum absolute atomic E-state index is 0.0486. The third kappa shape index (κ3) is 6.27. The second-order valence-corrected chi connectivity index (χ2v) is 13.9. The first kappa shape index (κ1) is 31.8. The molecule has 3 saturated heterocycles. The van der Waals surface area contributed by atoms with E-state index in [2.05, 4.69) is 52.1 Å². The van der Waals surface area contributed by atoms with E-state index < -0.39 is 6.10 Å². The highest BCUT2D eigenvalue weighted by atomic mass is 35.5. The maximum Gasteiger partial charge on any atom is 0.318 e. The van der Waals surface area contributed by atoms with E-state index in [4.69, 9.17) is 31.0 Å². The number of anilines is 2. The molecule has 0 spiro atoms. The van der Waals surface area contributed by atoms with E-state index in [0.29, 0.717) is 44.8 Å². The highest BCUT2D eigenvalue weighted by molar-refractivity contribution is 6.36. The number of piperazine rings is 1. The molecule has 11 heteroatoms. The van der Waals surface area contributed by atoms with Crippen LogP contribution in [0.4, 0.5) is 11.5 Å². The van der Waals surface area contributed by atoms with Gasteiger partial charge in [0.2, 0.25) is 0 Å². The first-order valence-electron chi connectivity index (χ1n) is 17.3. The third-order valence-corrected chi connectivity index (χ3v) is 10.8. The highest BCUT2D eigenvalue weighted by Crippen LogP contribution is 2.41. The molecular weight excluding hydrogens is 638 g/mol. The van der Waals surface area contributed by atoms with Gasteiger partial charge in [0.1, 0.15) is 18.5 Å². The number of carbonyl (C=O) groups excluding carboxylic acids is 1. The van der Waals surface area contributed by atoms with Crippen LogP contribution in [0.1, 0.15) is 42.2 Å². The van der Waals surface area contributed by atoms with Crippen LogP contribution in [-0.4, -0.2) is 90.2 Å². The van der Waals surface area contributed by atoms with Crippen LogP contribution in [0.2, 0.25) is 5.02 Å². The van der Waals surface area contributed by atoms with Crippen molar-refractivity contribution in [2.45, 2.75) is 56.5 Å². The third-order valence-electron chi connectivity index (χ3n) is 10.5. The average molecular weight is 678 g/mol. The quantitative estimate of drug-likeness (QED) is 0.227. The van der Waals surface area contributed by atoms with E-state index in [-0.39, 0.29) is 24.5 Å². The fourth-order valence-corrected chi connectivity index (χ4v) is 8.08. The Morgan fingerprint density at radius 2 is 1.84 bits per heavy atom. The van der Waals surface area contributed by atoms with Crippen LogP contribution in [0.3, 0.4) is 0 Å². The number of ether oxygens (including phenoxy) is 2. The molecule has 4 aliphatic rings. The number of benzene rings is 3. The first-order valence-corrected chi connectivity index (χ1v) is 17.6. The van der Waals surface area contributed by atoms with Crippen molar-refractivity contribution in [3.05, 3.63) is 88.6 Å². The van der Waals surface area contributed by atoms with Crippen molar-refractivity contribution in [2.24, 2.45) is 0 Å². The number of nitrogens with zero attached hydrogens (tertiary/aromatic N) is 7. The van der Waals surface area contributed by atoms with Crippen LogP contribution in [0.15, 0.2) is 66.7 Å². The Labute approximate surface area is 291 Å². The van der Waals surface area contributed by atoms with E-state index in [0.717, 1.165) is 76.5 Å². The summed E-state index contributed by atoms with van der Waals surface area (Å²) >= 11 is 6.74. The molecule has 5 heterocycles. The summed E-state index contributed by atoms with van der Waals surface area (Å²) in [5, 5.41) is 12.7. The Bertz CT molecular complexity index is 1900. The second kappa shape index (κ2) is 13.5. The van der Waals surface area contributed by atoms with Gasteiger partial charge in [-0.3, -0.25) is 4.79 Å². The summed E-state index contributed by atoms with van der Waals surface area (Å²) in [5.41, 5.74) is 4.11. The number of hydrogen-bond acceptors (Lipinski definition) is 9. The number of nitriles is 1. The molecular formula is C38H40ClN7O3. The van der Waals surface area contributed by atoms with E-state index in [1.54, 1.807) is 0 Å². The molecule has 3 aromatic carbocycles. The smallest absolute Gasteiger partial charge is 0.318 e. The van der Waals surface area contributed by atoms with E-state index in [9.17, 15) is 10.1 Å². The second-order valence-electron chi connectivity index (χ2n) is 13.5. The molecule has 1 amide bonds. The Hall–Kier alpha value is -4.43. The van der Waals surface area contributed by atoms with Crippen molar-refractivity contribution >= 4 is 39.8 Å². The van der Waals surface area contributed by atoms with Crippen LogP contribution in [0.25, 0.3) is 10.8 Å². The zero-order chi connectivity index (χ0) is 33.5. The minimum Gasteiger partial charge on any atom is -0.462 e. The van der Waals surface area contributed by atoms with E-state index >= 15 is 0 Å². The topological polar surface area (TPSA) is 101 Å². The van der Waals surface area contributed by atoms with Crippen molar-refractivity contribution in [1.29, 1.82) is 5.26 Å². The fraction of sp³-hybridized carbons (Fsp3) is 0.421. The minimum atomic E-state index is -0.510. The van der Waals surface area contributed by atoms with Crippen LogP contribution in [0.5, 0.6) is 6.01 Å². The molecule has 0 bridgehead atoms. The van der Waals surface area contributed by atoms with E-state index in [1.165, 1.54) is 0 Å². The lowest BCUT2D eigenvalue weighted by atomic mass is 10.0. The van der Waals surface area contributed by atoms with Gasteiger partial charge < -0.3 is 29.1 Å². The SMILES string of the molecule is CN1CCC[C@H]1COc1nc2c(c(N3CCN(C(=O)[C@@H]4O[C@@H]4c4ccccc4)[C@@H](CC#N)C3)n1)CCN(c1cccc3cccc(Cl)c13)C2. The Balaban J connectivity index is 1.07. The Morgan fingerprint density at radius 1 is 1.00 bits per heavy atom. The molecule has 4 aromatic rings. The molecule has 1 aromatic heterocycles. The molecule has 0 N–H and O–H groups in total. The fourth-order valence-electron chi connectivity index (χ4n) is 7.80. The number of hydrogen-bond donors (Lipinski definition) is 0. The van der Waals surface area contributed by atoms with Crippen molar-refractivity contribution in [2.75, 3.05) is 56.2 Å². The maximum atomic E-state index is 13.7. The van der Waals surface area contributed by atoms with Gasteiger partial charge in [-0.25, -0.2) is 0 Å². The number of amides is 1. The highest BCUT2D eigenvalue weighted by Gasteiger charge is 2.49. The van der Waals surface area contributed by atoms with Crippen molar-refractivity contribution < 1.29 is 14.3 Å². The van der Waals surface area contributed by atoms with Gasteiger partial charge in [0.05, 0.1) is 35.8 Å². The van der Waals surface area contributed by atoms with Gasteiger partial charge in [-0.2, -0.15) is 15.2 Å². The summed E-state index contributed by atoms with van der Waals surface area (Å²) < 4.78 is 12.2. The van der Waals surface area contributed by atoms with Gasteiger partial charge >= 0.3 is 6.01 Å². The zero-order valence-electron chi connectivity index (χ0n) is 27.7. The van der Waals surface area contributed by atoms with Crippen molar-refractivity contribution in [3.8, 4) is 12.1 Å². The maximum absolute atomic E-state index is 13.7. The molecule has 49 heavy (non-hydrogen) atoms. The molecule has 0 aliphatic carbocycles. The van der Waals surface area contributed by atoms with Crippen LogP contribution >= 0.6 is 11.6 Å². The molecule has 252 valence electrons. The van der Waals surface area contributed by atoms with Crippen LogP contribution < -0.4 is 14.5 Å². The lowest BCUT2D eigenvalue weighted by Gasteiger charge is -2.42. The van der Waals surface area contributed by atoms with Gasteiger partial charge in [0, 0.05) is 48.9 Å². The molecule has 4 aliphatic heterocycles. The van der Waals surface area contributed by atoms with Gasteiger partial charge in [-0.15, -0.1) is 0 Å². The molecule has 3 fully saturated rings. The number of fused-ring (bicyclic) bond motifs is 2. The predicted molar refractivity (Wildman–Crippen MR) is 189 cm³/mol. The number of rotatable bonds is 8. The molecule has 0 radical (unpaired) electrons.